The predicted molar refractivity (Wildman–Crippen MR) is 104 cm³/mol. The van der Waals surface area contributed by atoms with Gasteiger partial charge in [-0.05, 0) is 32.3 Å². The van der Waals surface area contributed by atoms with E-state index in [2.05, 4.69) is 19.5 Å². The number of H-pyrrole nitrogens is 1. The van der Waals surface area contributed by atoms with Gasteiger partial charge < -0.3 is 14.6 Å². The van der Waals surface area contributed by atoms with E-state index in [1.807, 2.05) is 13.8 Å². The normalized spacial score (nSPS) is 16.3. The van der Waals surface area contributed by atoms with E-state index >= 15 is 0 Å². The highest BCUT2D eigenvalue weighted by Gasteiger charge is 2.27. The Morgan fingerprint density at radius 1 is 1.14 bits per heavy atom. The Morgan fingerprint density at radius 2 is 1.76 bits per heavy atom. The number of ketones is 2. The van der Waals surface area contributed by atoms with Crippen LogP contribution in [0.25, 0.3) is 0 Å². The lowest BCUT2D eigenvalue weighted by molar-refractivity contribution is -0.174. The Hall–Kier alpha value is -1.71. The number of alkyl halides is 3. The average Bonchev–Trinajstić information content (AvgIpc) is 2.98. The molecule has 1 aliphatic heterocycles. The number of carbonyl (C=O) groups is 2. The number of rotatable bonds is 10. The molecule has 2 rings (SSSR count). The van der Waals surface area contributed by atoms with Gasteiger partial charge >= 0.3 is 6.18 Å². The van der Waals surface area contributed by atoms with Crippen molar-refractivity contribution >= 4 is 11.6 Å². The highest BCUT2D eigenvalue weighted by atomic mass is 19.4. The van der Waals surface area contributed by atoms with Crippen molar-refractivity contribution in [1.82, 2.24) is 14.8 Å². The number of hydrogen-bond donors (Lipinski definition) is 1. The number of carbonyl (C=O) groups excluding carboxylic acids is 2. The van der Waals surface area contributed by atoms with Gasteiger partial charge in [0.15, 0.2) is 11.6 Å². The largest absolute Gasteiger partial charge is 0.411 e. The molecular weight excluding hydrogens is 387 g/mol. The van der Waals surface area contributed by atoms with Gasteiger partial charge in [0, 0.05) is 50.6 Å². The Balaban J connectivity index is 1.78. The molecule has 0 amide bonds. The minimum atomic E-state index is -4.28. The second-order valence-corrected chi connectivity index (χ2v) is 7.45. The van der Waals surface area contributed by atoms with Crippen molar-refractivity contribution in [2.75, 3.05) is 52.5 Å². The minimum Gasteiger partial charge on any atom is -0.372 e. The summed E-state index contributed by atoms with van der Waals surface area (Å²) in [6.45, 7) is 8.06. The number of aromatic nitrogens is 1. The van der Waals surface area contributed by atoms with Crippen molar-refractivity contribution in [2.45, 2.75) is 39.8 Å². The smallest absolute Gasteiger partial charge is 0.372 e. The lowest BCUT2D eigenvalue weighted by Gasteiger charge is -2.34. The van der Waals surface area contributed by atoms with Crippen LogP contribution in [0.3, 0.4) is 0 Å². The number of nitrogens with zero attached hydrogens (tertiary/aromatic N) is 2. The van der Waals surface area contributed by atoms with Crippen molar-refractivity contribution < 1.29 is 27.5 Å². The molecule has 0 aromatic carbocycles. The first-order chi connectivity index (χ1) is 13.6. The van der Waals surface area contributed by atoms with Crippen LogP contribution in [-0.4, -0.2) is 85.0 Å². The van der Waals surface area contributed by atoms with E-state index in [0.717, 1.165) is 37.4 Å². The molecule has 0 unspecified atom stereocenters. The Morgan fingerprint density at radius 3 is 2.31 bits per heavy atom. The zero-order valence-corrected chi connectivity index (χ0v) is 17.3. The molecule has 0 saturated carbocycles. The summed E-state index contributed by atoms with van der Waals surface area (Å²) in [5.74, 6) is -0.0612. The molecule has 0 spiro atoms. The first-order valence-corrected chi connectivity index (χ1v) is 9.97. The number of hydrogen-bond acceptors (Lipinski definition) is 5. The summed E-state index contributed by atoms with van der Waals surface area (Å²) in [7, 11) is 0. The van der Waals surface area contributed by atoms with Crippen molar-refractivity contribution in [1.29, 1.82) is 0 Å². The van der Waals surface area contributed by atoms with Gasteiger partial charge in [-0.3, -0.25) is 14.5 Å². The topological polar surface area (TPSA) is 65.6 Å². The molecule has 2 heterocycles. The van der Waals surface area contributed by atoms with Gasteiger partial charge in [-0.25, -0.2) is 0 Å². The summed E-state index contributed by atoms with van der Waals surface area (Å²) >= 11 is 0. The highest BCUT2D eigenvalue weighted by Crippen LogP contribution is 2.21. The molecule has 29 heavy (non-hydrogen) atoms. The van der Waals surface area contributed by atoms with E-state index in [0.29, 0.717) is 30.6 Å². The maximum Gasteiger partial charge on any atom is 0.411 e. The molecule has 1 N–H and O–H groups in total. The molecule has 1 aromatic rings. The van der Waals surface area contributed by atoms with Gasteiger partial charge in [0.1, 0.15) is 6.61 Å². The summed E-state index contributed by atoms with van der Waals surface area (Å²) in [5, 5.41) is 0. The SMILES string of the molecule is CCc1c(C(=O)CN2CCN(CCCOCC(F)(F)F)CC2)[nH]c(C)c1C(C)=O. The monoisotopic (exact) mass is 417 g/mol. The van der Waals surface area contributed by atoms with E-state index in [1.165, 1.54) is 6.92 Å². The number of aryl methyl sites for hydroxylation is 1. The van der Waals surface area contributed by atoms with Gasteiger partial charge in [-0.2, -0.15) is 13.2 Å². The third-order valence-electron chi connectivity index (χ3n) is 5.14. The quantitative estimate of drug-likeness (QED) is 0.469. The summed E-state index contributed by atoms with van der Waals surface area (Å²) in [6.07, 6.45) is -3.12. The Kier molecular flexibility index (Phi) is 8.42. The minimum absolute atomic E-state index is 0.0218. The van der Waals surface area contributed by atoms with Crippen LogP contribution in [0.2, 0.25) is 0 Å². The number of nitrogens with one attached hydrogen (secondary N) is 1. The van der Waals surface area contributed by atoms with Gasteiger partial charge in [0.05, 0.1) is 12.2 Å². The number of Topliss-reactive ketones (excluding diaryl/α,β-unsaturated/α-hetero) is 2. The molecule has 0 aliphatic carbocycles. The molecule has 9 heteroatoms. The van der Waals surface area contributed by atoms with Gasteiger partial charge in [-0.1, -0.05) is 6.92 Å². The molecule has 1 fully saturated rings. The second kappa shape index (κ2) is 10.4. The second-order valence-electron chi connectivity index (χ2n) is 7.45. The Bertz CT molecular complexity index is 708. The third kappa shape index (κ3) is 6.94. The number of halogens is 3. The zero-order chi connectivity index (χ0) is 21.6. The lowest BCUT2D eigenvalue weighted by Crippen LogP contribution is -2.48. The number of ether oxygens (including phenoxy) is 1. The van der Waals surface area contributed by atoms with Crippen molar-refractivity contribution in [3.63, 3.8) is 0 Å². The molecular formula is C20H30F3N3O3. The molecule has 6 nitrogen and oxygen atoms in total. The van der Waals surface area contributed by atoms with E-state index in [-0.39, 0.29) is 24.7 Å². The summed E-state index contributed by atoms with van der Waals surface area (Å²) in [5.41, 5.74) is 2.67. The van der Waals surface area contributed by atoms with Crippen LogP contribution >= 0.6 is 0 Å². The molecule has 1 saturated heterocycles. The van der Waals surface area contributed by atoms with E-state index in [1.54, 1.807) is 0 Å². The number of piperazine rings is 1. The molecule has 1 aromatic heterocycles. The van der Waals surface area contributed by atoms with Crippen LogP contribution in [-0.2, 0) is 11.2 Å². The van der Waals surface area contributed by atoms with Crippen molar-refractivity contribution in [3.05, 3.63) is 22.5 Å². The average molecular weight is 417 g/mol. The van der Waals surface area contributed by atoms with Crippen molar-refractivity contribution in [3.8, 4) is 0 Å². The summed E-state index contributed by atoms with van der Waals surface area (Å²) < 4.78 is 40.7. The fraction of sp³-hybridized carbons (Fsp3) is 0.700. The number of aromatic amines is 1. The molecule has 0 atom stereocenters. The van der Waals surface area contributed by atoms with Crippen LogP contribution in [0, 0.1) is 6.92 Å². The van der Waals surface area contributed by atoms with Gasteiger partial charge in [0.25, 0.3) is 0 Å². The van der Waals surface area contributed by atoms with Gasteiger partial charge in [-0.15, -0.1) is 0 Å². The lowest BCUT2D eigenvalue weighted by atomic mass is 10.0. The predicted octanol–water partition coefficient (Wildman–Crippen LogP) is 2.86. The maximum atomic E-state index is 12.8. The standard InChI is InChI=1S/C20H30F3N3O3/c1-4-16-18(15(3)27)14(2)24-19(16)17(28)12-26-9-7-25(8-10-26)6-5-11-29-13-20(21,22)23/h24H,4-13H2,1-3H3. The zero-order valence-electron chi connectivity index (χ0n) is 17.3. The first kappa shape index (κ1) is 23.6. The van der Waals surface area contributed by atoms with Crippen LogP contribution in [0.1, 0.15) is 52.4 Å². The van der Waals surface area contributed by atoms with E-state index in [4.69, 9.17) is 0 Å². The molecule has 1 aliphatic rings. The van der Waals surface area contributed by atoms with Crippen molar-refractivity contribution in [2.24, 2.45) is 0 Å². The van der Waals surface area contributed by atoms with Crippen LogP contribution in [0.15, 0.2) is 0 Å². The van der Waals surface area contributed by atoms with E-state index < -0.39 is 12.8 Å². The van der Waals surface area contributed by atoms with E-state index in [9.17, 15) is 22.8 Å². The van der Waals surface area contributed by atoms with Gasteiger partial charge in [0.2, 0.25) is 0 Å². The molecule has 0 bridgehead atoms. The maximum absolute atomic E-state index is 12.8. The highest BCUT2D eigenvalue weighted by molar-refractivity contribution is 6.04. The first-order valence-electron chi connectivity index (χ1n) is 9.97. The molecule has 0 radical (unpaired) electrons. The molecule has 164 valence electrons. The fourth-order valence-electron chi connectivity index (χ4n) is 3.78. The van der Waals surface area contributed by atoms with Crippen LogP contribution in [0.5, 0.6) is 0 Å². The summed E-state index contributed by atoms with van der Waals surface area (Å²) in [4.78, 5) is 32.0. The van der Waals surface area contributed by atoms with Crippen LogP contribution in [0.4, 0.5) is 13.2 Å². The van der Waals surface area contributed by atoms with Crippen LogP contribution < -0.4 is 0 Å². The third-order valence-corrected chi connectivity index (χ3v) is 5.14. The Labute approximate surface area is 169 Å². The summed E-state index contributed by atoms with van der Waals surface area (Å²) in [6, 6.07) is 0. The fourth-order valence-corrected chi connectivity index (χ4v) is 3.78.